The van der Waals surface area contributed by atoms with Crippen LogP contribution in [0.3, 0.4) is 0 Å². The number of hydrogen-bond donors (Lipinski definition) is 3. The summed E-state index contributed by atoms with van der Waals surface area (Å²) in [7, 11) is -3.85. The summed E-state index contributed by atoms with van der Waals surface area (Å²) in [6.45, 7) is 7.55. The lowest BCUT2D eigenvalue weighted by atomic mass is 10.1. The van der Waals surface area contributed by atoms with Crippen LogP contribution in [-0.4, -0.2) is 37.9 Å². The maximum absolute atomic E-state index is 12.2. The minimum Gasteiger partial charge on any atom is -0.383 e. The van der Waals surface area contributed by atoms with Crippen LogP contribution in [0, 0.1) is 0 Å². The van der Waals surface area contributed by atoms with E-state index in [9.17, 15) is 13.2 Å². The molecule has 21 heavy (non-hydrogen) atoms. The Kier molecular flexibility index (Phi) is 5.68. The quantitative estimate of drug-likeness (QED) is 0.718. The zero-order valence-corrected chi connectivity index (χ0v) is 13.5. The SMILES string of the molecule is CCNc1cccnc1S(=O)(=O)NCC(=O)NC(C)(C)C. The maximum Gasteiger partial charge on any atom is 0.260 e. The maximum atomic E-state index is 12.2. The summed E-state index contributed by atoms with van der Waals surface area (Å²) in [6.07, 6.45) is 1.39. The molecule has 0 spiro atoms. The zero-order chi connectivity index (χ0) is 16.1. The number of amides is 1. The minimum atomic E-state index is -3.85. The number of pyridine rings is 1. The summed E-state index contributed by atoms with van der Waals surface area (Å²) in [5.74, 6) is -0.396. The van der Waals surface area contributed by atoms with Crippen LogP contribution in [0.1, 0.15) is 27.7 Å². The Bertz CT molecular complexity index is 594. The Morgan fingerprint density at radius 2 is 2.00 bits per heavy atom. The number of sulfonamides is 1. The van der Waals surface area contributed by atoms with Crippen molar-refractivity contribution >= 4 is 21.6 Å². The molecule has 118 valence electrons. The average molecular weight is 314 g/mol. The monoisotopic (exact) mass is 314 g/mol. The highest BCUT2D eigenvalue weighted by molar-refractivity contribution is 7.89. The second kappa shape index (κ2) is 6.86. The summed E-state index contributed by atoms with van der Waals surface area (Å²) in [4.78, 5) is 15.6. The summed E-state index contributed by atoms with van der Waals surface area (Å²) in [6, 6.07) is 3.27. The number of hydrogen-bond acceptors (Lipinski definition) is 5. The van der Waals surface area contributed by atoms with Gasteiger partial charge < -0.3 is 10.6 Å². The molecule has 0 saturated heterocycles. The van der Waals surface area contributed by atoms with Crippen molar-refractivity contribution in [3.05, 3.63) is 18.3 Å². The number of rotatable bonds is 6. The molecular formula is C13H22N4O3S. The molecule has 0 radical (unpaired) electrons. The third-order valence-electron chi connectivity index (χ3n) is 2.33. The van der Waals surface area contributed by atoms with Gasteiger partial charge in [-0.1, -0.05) is 0 Å². The average Bonchev–Trinajstić information content (AvgIpc) is 2.35. The molecule has 1 heterocycles. The Hall–Kier alpha value is -1.67. The smallest absolute Gasteiger partial charge is 0.260 e. The molecule has 1 aromatic heterocycles. The van der Waals surface area contributed by atoms with E-state index in [1.165, 1.54) is 6.20 Å². The Morgan fingerprint density at radius 3 is 2.57 bits per heavy atom. The van der Waals surface area contributed by atoms with Gasteiger partial charge in [-0.05, 0) is 39.8 Å². The predicted molar refractivity (Wildman–Crippen MR) is 81.5 cm³/mol. The molecule has 0 aliphatic heterocycles. The van der Waals surface area contributed by atoms with Gasteiger partial charge in [0, 0.05) is 18.3 Å². The van der Waals surface area contributed by atoms with Crippen LogP contribution < -0.4 is 15.4 Å². The standard InChI is InChI=1S/C13H22N4O3S/c1-5-14-10-7-6-8-15-12(10)21(19,20)16-9-11(18)17-13(2,3)4/h6-8,14,16H,5,9H2,1-4H3,(H,17,18). The van der Waals surface area contributed by atoms with Gasteiger partial charge in [0.15, 0.2) is 5.03 Å². The van der Waals surface area contributed by atoms with Gasteiger partial charge in [-0.3, -0.25) is 4.79 Å². The van der Waals surface area contributed by atoms with E-state index in [-0.39, 0.29) is 11.6 Å². The second-order valence-electron chi connectivity index (χ2n) is 5.51. The molecule has 0 saturated carbocycles. The molecule has 0 atom stereocenters. The van der Waals surface area contributed by atoms with Crippen molar-refractivity contribution in [3.8, 4) is 0 Å². The van der Waals surface area contributed by atoms with Crippen LogP contribution >= 0.6 is 0 Å². The fraction of sp³-hybridized carbons (Fsp3) is 0.538. The van der Waals surface area contributed by atoms with Crippen molar-refractivity contribution in [2.24, 2.45) is 0 Å². The first-order chi connectivity index (χ1) is 9.65. The predicted octanol–water partition coefficient (Wildman–Crippen LogP) is 0.706. The van der Waals surface area contributed by atoms with Gasteiger partial charge in [0.05, 0.1) is 12.2 Å². The van der Waals surface area contributed by atoms with E-state index in [0.29, 0.717) is 12.2 Å². The van der Waals surface area contributed by atoms with Crippen molar-refractivity contribution in [2.75, 3.05) is 18.4 Å². The van der Waals surface area contributed by atoms with Gasteiger partial charge in [-0.25, -0.2) is 18.1 Å². The van der Waals surface area contributed by atoms with Crippen molar-refractivity contribution in [1.82, 2.24) is 15.0 Å². The number of nitrogens with zero attached hydrogens (tertiary/aromatic N) is 1. The Balaban J connectivity index is 2.81. The number of carbonyl (C=O) groups excluding carboxylic acids is 1. The van der Waals surface area contributed by atoms with Crippen LogP contribution in [0.4, 0.5) is 5.69 Å². The molecule has 8 heteroatoms. The Morgan fingerprint density at radius 1 is 1.33 bits per heavy atom. The number of aromatic nitrogens is 1. The molecule has 1 amide bonds. The lowest BCUT2D eigenvalue weighted by Gasteiger charge is -2.20. The van der Waals surface area contributed by atoms with Gasteiger partial charge in [-0.2, -0.15) is 0 Å². The first-order valence-corrected chi connectivity index (χ1v) is 8.13. The zero-order valence-electron chi connectivity index (χ0n) is 12.7. The highest BCUT2D eigenvalue weighted by Crippen LogP contribution is 2.17. The van der Waals surface area contributed by atoms with Gasteiger partial charge in [0.1, 0.15) is 0 Å². The van der Waals surface area contributed by atoms with E-state index in [0.717, 1.165) is 0 Å². The first-order valence-electron chi connectivity index (χ1n) is 6.65. The van der Waals surface area contributed by atoms with E-state index in [1.54, 1.807) is 12.1 Å². The largest absolute Gasteiger partial charge is 0.383 e. The Labute approximate surface area is 125 Å². The van der Waals surface area contributed by atoms with Gasteiger partial charge in [0.25, 0.3) is 10.0 Å². The summed E-state index contributed by atoms with van der Waals surface area (Å²) in [5, 5.41) is 5.49. The molecular weight excluding hydrogens is 292 g/mol. The fourth-order valence-corrected chi connectivity index (χ4v) is 2.71. The molecule has 0 bridgehead atoms. The highest BCUT2D eigenvalue weighted by atomic mass is 32.2. The minimum absolute atomic E-state index is 0.115. The third kappa shape index (κ3) is 5.68. The van der Waals surface area contributed by atoms with Gasteiger partial charge in [0.2, 0.25) is 5.91 Å². The summed E-state index contributed by atoms with van der Waals surface area (Å²) in [5.41, 5.74) is -0.00801. The summed E-state index contributed by atoms with van der Waals surface area (Å²) < 4.78 is 26.7. The van der Waals surface area contributed by atoms with E-state index in [2.05, 4.69) is 20.3 Å². The molecule has 0 aliphatic rings. The normalized spacial score (nSPS) is 12.0. The second-order valence-corrected chi connectivity index (χ2v) is 7.19. The van der Waals surface area contributed by atoms with E-state index >= 15 is 0 Å². The first kappa shape index (κ1) is 17.4. The van der Waals surface area contributed by atoms with Gasteiger partial charge >= 0.3 is 0 Å². The molecule has 1 rings (SSSR count). The van der Waals surface area contributed by atoms with Crippen LogP contribution in [0.2, 0.25) is 0 Å². The van der Waals surface area contributed by atoms with Crippen LogP contribution in [0.25, 0.3) is 0 Å². The molecule has 0 aromatic carbocycles. The molecule has 0 aliphatic carbocycles. The third-order valence-corrected chi connectivity index (χ3v) is 3.69. The van der Waals surface area contributed by atoms with E-state index in [1.807, 2.05) is 27.7 Å². The lowest BCUT2D eigenvalue weighted by molar-refractivity contribution is -0.121. The number of nitrogens with one attached hydrogen (secondary N) is 3. The molecule has 7 nitrogen and oxygen atoms in total. The van der Waals surface area contributed by atoms with Crippen molar-refractivity contribution in [1.29, 1.82) is 0 Å². The van der Waals surface area contributed by atoms with E-state index < -0.39 is 21.5 Å². The number of anilines is 1. The topological polar surface area (TPSA) is 100 Å². The van der Waals surface area contributed by atoms with E-state index in [4.69, 9.17) is 0 Å². The molecule has 0 unspecified atom stereocenters. The highest BCUT2D eigenvalue weighted by Gasteiger charge is 2.22. The summed E-state index contributed by atoms with van der Waals surface area (Å²) >= 11 is 0. The van der Waals surface area contributed by atoms with Gasteiger partial charge in [-0.15, -0.1) is 0 Å². The fourth-order valence-electron chi connectivity index (χ4n) is 1.62. The van der Waals surface area contributed by atoms with Crippen LogP contribution in [0.15, 0.2) is 23.4 Å². The van der Waals surface area contributed by atoms with Crippen molar-refractivity contribution < 1.29 is 13.2 Å². The van der Waals surface area contributed by atoms with Crippen LogP contribution in [-0.2, 0) is 14.8 Å². The number of carbonyl (C=O) groups is 1. The lowest BCUT2D eigenvalue weighted by Crippen LogP contribution is -2.45. The van der Waals surface area contributed by atoms with Crippen molar-refractivity contribution in [2.45, 2.75) is 38.3 Å². The van der Waals surface area contributed by atoms with Crippen LogP contribution in [0.5, 0.6) is 0 Å². The van der Waals surface area contributed by atoms with Crippen molar-refractivity contribution in [3.63, 3.8) is 0 Å². The molecule has 3 N–H and O–H groups in total. The molecule has 1 aromatic rings. The molecule has 0 fully saturated rings.